The molecule has 4 N–H and O–H groups in total. The number of aromatic amines is 1. The summed E-state index contributed by atoms with van der Waals surface area (Å²) >= 11 is 6.74. The fourth-order valence-electron chi connectivity index (χ4n) is 1.84. The van der Waals surface area contributed by atoms with Gasteiger partial charge in [0.05, 0.1) is 17.3 Å². The minimum atomic E-state index is -0.983. The number of imidazole rings is 1. The summed E-state index contributed by atoms with van der Waals surface area (Å²) in [5, 5.41) is 2.59. The molecule has 0 aliphatic rings. The fraction of sp³-hybridized carbons (Fsp3) is 0.231. The number of nitrogens with one attached hydrogen (secondary N) is 2. The number of halogens is 2. The van der Waals surface area contributed by atoms with Crippen molar-refractivity contribution in [2.75, 3.05) is 11.1 Å². The minimum Gasteiger partial charge on any atom is -0.368 e. The third kappa shape index (κ3) is 3.61. The number of fused-ring (bicyclic) bond motifs is 1. The predicted octanol–water partition coefficient (Wildman–Crippen LogP) is 2.03. The Balaban J connectivity index is 1.83. The second-order valence-electron chi connectivity index (χ2n) is 5.39. The summed E-state index contributed by atoms with van der Waals surface area (Å²) in [4.78, 5) is 35.0. The van der Waals surface area contributed by atoms with Crippen LogP contribution < -0.4 is 11.1 Å². The van der Waals surface area contributed by atoms with E-state index in [1.165, 1.54) is 6.33 Å². The van der Waals surface area contributed by atoms with E-state index < -0.39 is 16.5 Å². The molecule has 1 amide bonds. The molecule has 130 valence electrons. The maximum atomic E-state index is 13.1. The molecule has 0 spiro atoms. The molecule has 0 aliphatic heterocycles. The number of rotatable bonds is 4. The van der Waals surface area contributed by atoms with Crippen LogP contribution in [-0.2, 0) is 4.79 Å². The molecule has 0 saturated carbocycles. The minimum absolute atomic E-state index is 0.0481. The number of aromatic nitrogens is 6. The molecule has 0 fully saturated rings. The molecule has 0 radical (unpaired) electrons. The molecule has 0 aromatic carbocycles. The van der Waals surface area contributed by atoms with Crippen LogP contribution in [0.5, 0.6) is 0 Å². The van der Waals surface area contributed by atoms with Gasteiger partial charge in [-0.05, 0) is 13.8 Å². The number of hydrogen-bond donors (Lipinski definition) is 3. The maximum absolute atomic E-state index is 13.1. The molecule has 0 saturated heterocycles. The third-order valence-electron chi connectivity index (χ3n) is 3.10. The number of nitrogens with two attached hydrogens (primary N) is 1. The topological polar surface area (TPSA) is 135 Å². The van der Waals surface area contributed by atoms with E-state index in [4.69, 9.17) is 17.3 Å². The van der Waals surface area contributed by atoms with E-state index in [-0.39, 0.29) is 17.0 Å². The SMILES string of the molecule is CC(C)(Sc1nc(N)nc2nc[nH]c12)C(=O)Nc1ncc(F)c(Cl)n1. The van der Waals surface area contributed by atoms with Gasteiger partial charge in [0, 0.05) is 0 Å². The number of carbonyl (C=O) groups is 1. The Kier molecular flexibility index (Phi) is 4.43. The quantitative estimate of drug-likeness (QED) is 0.460. The van der Waals surface area contributed by atoms with Gasteiger partial charge in [0.1, 0.15) is 10.5 Å². The lowest BCUT2D eigenvalue weighted by atomic mass is 10.2. The van der Waals surface area contributed by atoms with Crippen molar-refractivity contribution in [3.63, 3.8) is 0 Å². The summed E-state index contributed by atoms with van der Waals surface area (Å²) in [7, 11) is 0. The summed E-state index contributed by atoms with van der Waals surface area (Å²) in [6.45, 7) is 3.36. The van der Waals surface area contributed by atoms with Crippen molar-refractivity contribution in [3.05, 3.63) is 23.5 Å². The zero-order chi connectivity index (χ0) is 18.2. The van der Waals surface area contributed by atoms with Gasteiger partial charge in [0.25, 0.3) is 0 Å². The molecule has 3 heterocycles. The average Bonchev–Trinajstić information content (AvgIpc) is 2.99. The number of carbonyl (C=O) groups excluding carboxylic acids is 1. The van der Waals surface area contributed by atoms with Gasteiger partial charge in [0.15, 0.2) is 16.6 Å². The highest BCUT2D eigenvalue weighted by molar-refractivity contribution is 8.01. The number of H-pyrrole nitrogens is 1. The number of nitrogen functional groups attached to an aromatic ring is 1. The lowest BCUT2D eigenvalue weighted by Gasteiger charge is -2.22. The Labute approximate surface area is 150 Å². The Bertz CT molecular complexity index is 962. The van der Waals surface area contributed by atoms with Crippen molar-refractivity contribution in [2.45, 2.75) is 23.6 Å². The molecule has 0 aliphatic carbocycles. The predicted molar refractivity (Wildman–Crippen MR) is 91.7 cm³/mol. The molecule has 3 aromatic heterocycles. The first-order valence-corrected chi connectivity index (χ1v) is 8.11. The molecule has 9 nitrogen and oxygen atoms in total. The van der Waals surface area contributed by atoms with Crippen molar-refractivity contribution >= 4 is 52.3 Å². The van der Waals surface area contributed by atoms with Crippen LogP contribution >= 0.6 is 23.4 Å². The third-order valence-corrected chi connectivity index (χ3v) is 4.54. The molecule has 0 atom stereocenters. The standard InChI is InChI=1S/C13H12ClFN8OS/c1-13(2,10(24)23-12-17-3-5(15)7(14)20-12)25-9-6-8(19-4-18-6)21-11(16)22-9/h3-4H,1-2H3,(H,17,20,23,24)(H3,16,18,19,21,22). The Morgan fingerprint density at radius 1 is 1.36 bits per heavy atom. The van der Waals surface area contributed by atoms with Crippen LogP contribution in [0.15, 0.2) is 17.6 Å². The van der Waals surface area contributed by atoms with Crippen molar-refractivity contribution in [1.82, 2.24) is 29.9 Å². The summed E-state index contributed by atoms with van der Waals surface area (Å²) in [6.07, 6.45) is 2.34. The van der Waals surface area contributed by atoms with Gasteiger partial charge in [-0.2, -0.15) is 9.97 Å². The number of amides is 1. The first kappa shape index (κ1) is 17.3. The van der Waals surface area contributed by atoms with Gasteiger partial charge < -0.3 is 10.7 Å². The smallest absolute Gasteiger partial charge is 0.242 e. The van der Waals surface area contributed by atoms with Crippen molar-refractivity contribution in [1.29, 1.82) is 0 Å². The van der Waals surface area contributed by atoms with E-state index in [1.54, 1.807) is 13.8 Å². The van der Waals surface area contributed by atoms with Gasteiger partial charge in [-0.1, -0.05) is 23.4 Å². The normalized spacial score (nSPS) is 11.7. The molecule has 12 heteroatoms. The number of hydrogen-bond acceptors (Lipinski definition) is 8. The number of thioether (sulfide) groups is 1. The molecule has 3 rings (SSSR count). The highest BCUT2D eigenvalue weighted by atomic mass is 35.5. The fourth-order valence-corrected chi connectivity index (χ4v) is 2.99. The largest absolute Gasteiger partial charge is 0.368 e. The van der Waals surface area contributed by atoms with Gasteiger partial charge in [-0.15, -0.1) is 0 Å². The summed E-state index contributed by atoms with van der Waals surface area (Å²) in [5.74, 6) is -1.25. The summed E-state index contributed by atoms with van der Waals surface area (Å²) < 4.78 is 12.1. The molecular formula is C13H12ClFN8OS. The number of anilines is 2. The van der Waals surface area contributed by atoms with E-state index >= 15 is 0 Å². The van der Waals surface area contributed by atoms with Crippen LogP contribution in [0.1, 0.15) is 13.8 Å². The molecule has 3 aromatic rings. The van der Waals surface area contributed by atoms with E-state index in [0.717, 1.165) is 18.0 Å². The molecular weight excluding hydrogens is 371 g/mol. The van der Waals surface area contributed by atoms with Crippen molar-refractivity contribution in [3.8, 4) is 0 Å². The van der Waals surface area contributed by atoms with E-state index in [1.807, 2.05) is 0 Å². The van der Waals surface area contributed by atoms with E-state index in [0.29, 0.717) is 16.2 Å². The monoisotopic (exact) mass is 382 g/mol. The summed E-state index contributed by atoms with van der Waals surface area (Å²) in [6, 6.07) is 0. The van der Waals surface area contributed by atoms with Crippen molar-refractivity contribution in [2.24, 2.45) is 0 Å². The van der Waals surface area contributed by atoms with Gasteiger partial charge in [0.2, 0.25) is 17.8 Å². The highest BCUT2D eigenvalue weighted by Gasteiger charge is 2.32. The van der Waals surface area contributed by atoms with Crippen LogP contribution in [0.3, 0.4) is 0 Å². The Morgan fingerprint density at radius 2 is 2.12 bits per heavy atom. The Hall–Kier alpha value is -2.53. The highest BCUT2D eigenvalue weighted by Crippen LogP contribution is 2.35. The van der Waals surface area contributed by atoms with Gasteiger partial charge in [-0.3, -0.25) is 10.1 Å². The Morgan fingerprint density at radius 3 is 2.84 bits per heavy atom. The lowest BCUT2D eigenvalue weighted by Crippen LogP contribution is -2.34. The summed E-state index contributed by atoms with van der Waals surface area (Å²) in [5.41, 5.74) is 6.65. The second kappa shape index (κ2) is 6.41. The van der Waals surface area contributed by atoms with Crippen LogP contribution in [0.25, 0.3) is 11.2 Å². The van der Waals surface area contributed by atoms with Crippen LogP contribution in [-0.4, -0.2) is 40.6 Å². The van der Waals surface area contributed by atoms with Gasteiger partial charge >= 0.3 is 0 Å². The van der Waals surface area contributed by atoms with Gasteiger partial charge in [-0.25, -0.2) is 19.3 Å². The van der Waals surface area contributed by atoms with Crippen LogP contribution in [0, 0.1) is 5.82 Å². The average molecular weight is 383 g/mol. The first-order chi connectivity index (χ1) is 11.8. The van der Waals surface area contributed by atoms with Crippen LogP contribution in [0.4, 0.5) is 16.3 Å². The molecule has 25 heavy (non-hydrogen) atoms. The van der Waals surface area contributed by atoms with Crippen LogP contribution in [0.2, 0.25) is 5.15 Å². The van der Waals surface area contributed by atoms with E-state index in [2.05, 4.69) is 35.2 Å². The van der Waals surface area contributed by atoms with E-state index in [9.17, 15) is 9.18 Å². The maximum Gasteiger partial charge on any atom is 0.242 e. The van der Waals surface area contributed by atoms with Crippen molar-refractivity contribution < 1.29 is 9.18 Å². The molecule has 0 bridgehead atoms. The lowest BCUT2D eigenvalue weighted by molar-refractivity contribution is -0.117. The molecule has 0 unspecified atom stereocenters. The zero-order valence-electron chi connectivity index (χ0n) is 13.0. The zero-order valence-corrected chi connectivity index (χ0v) is 14.6. The first-order valence-electron chi connectivity index (χ1n) is 6.91. The number of nitrogens with zero attached hydrogens (tertiary/aromatic N) is 5. The second-order valence-corrected chi connectivity index (χ2v) is 7.36.